The second-order valence-electron chi connectivity index (χ2n) is 5.22. The summed E-state index contributed by atoms with van der Waals surface area (Å²) in [7, 11) is 0. The molecule has 1 aliphatic rings. The average molecular weight is 326 g/mol. The smallest absolute Gasteiger partial charge is 0.229 e. The number of amides is 1. The van der Waals surface area contributed by atoms with Gasteiger partial charge in [-0.15, -0.1) is 23.2 Å². The van der Waals surface area contributed by atoms with Gasteiger partial charge in [0.1, 0.15) is 17.0 Å². The van der Waals surface area contributed by atoms with E-state index in [0.717, 1.165) is 5.56 Å². The average Bonchev–Trinajstić information content (AvgIpc) is 2.87. The van der Waals surface area contributed by atoms with E-state index in [1.165, 1.54) is 6.33 Å². The highest BCUT2D eigenvalue weighted by Gasteiger charge is 2.67. The number of aromatic nitrogens is 4. The van der Waals surface area contributed by atoms with Crippen molar-refractivity contribution in [2.24, 2.45) is 5.41 Å². The van der Waals surface area contributed by atoms with Gasteiger partial charge in [-0.1, -0.05) is 6.07 Å². The van der Waals surface area contributed by atoms with Crippen LogP contribution in [0.1, 0.15) is 18.9 Å². The van der Waals surface area contributed by atoms with Gasteiger partial charge >= 0.3 is 0 Å². The zero-order valence-electron chi connectivity index (χ0n) is 11.3. The van der Waals surface area contributed by atoms with E-state index in [1.54, 1.807) is 30.2 Å². The number of rotatable bonds is 4. The lowest BCUT2D eigenvalue weighted by atomic mass is 10.1. The number of alkyl halides is 2. The van der Waals surface area contributed by atoms with Crippen LogP contribution in [0.5, 0.6) is 0 Å². The lowest BCUT2D eigenvalue weighted by molar-refractivity contribution is -0.125. The number of carbonyl (C=O) groups excluding carboxylic acids is 1. The van der Waals surface area contributed by atoms with E-state index in [4.69, 9.17) is 23.2 Å². The Labute approximate surface area is 131 Å². The molecule has 0 aliphatic heterocycles. The molecule has 0 radical (unpaired) electrons. The highest BCUT2D eigenvalue weighted by atomic mass is 35.5. The van der Waals surface area contributed by atoms with Crippen LogP contribution >= 0.6 is 23.2 Å². The Morgan fingerprint density at radius 1 is 1.52 bits per heavy atom. The van der Waals surface area contributed by atoms with Gasteiger partial charge in [-0.25, -0.2) is 14.6 Å². The summed E-state index contributed by atoms with van der Waals surface area (Å²) in [5, 5.41) is 6.90. The Kier molecular flexibility index (Phi) is 3.37. The van der Waals surface area contributed by atoms with Gasteiger partial charge in [-0.2, -0.15) is 5.10 Å². The Balaban J connectivity index is 1.74. The first-order valence-electron chi connectivity index (χ1n) is 6.39. The number of hydrogen-bond donors (Lipinski definition) is 1. The van der Waals surface area contributed by atoms with Crippen molar-refractivity contribution in [1.82, 2.24) is 25.1 Å². The van der Waals surface area contributed by atoms with Crippen LogP contribution in [-0.4, -0.2) is 30.0 Å². The first-order chi connectivity index (χ1) is 9.94. The van der Waals surface area contributed by atoms with Crippen molar-refractivity contribution in [2.75, 3.05) is 0 Å². The fourth-order valence-electron chi connectivity index (χ4n) is 2.11. The summed E-state index contributed by atoms with van der Waals surface area (Å²) in [5.74, 6) is 0.458. The van der Waals surface area contributed by atoms with Gasteiger partial charge in [0.2, 0.25) is 5.91 Å². The number of carbonyl (C=O) groups is 1. The van der Waals surface area contributed by atoms with Crippen LogP contribution in [0.2, 0.25) is 0 Å². The van der Waals surface area contributed by atoms with Gasteiger partial charge < -0.3 is 5.32 Å². The first kappa shape index (κ1) is 14.3. The third-order valence-electron chi connectivity index (χ3n) is 3.70. The molecule has 0 bridgehead atoms. The topological polar surface area (TPSA) is 72.7 Å². The lowest BCUT2D eigenvalue weighted by Gasteiger charge is -2.14. The molecule has 21 heavy (non-hydrogen) atoms. The molecule has 3 rings (SSSR count). The quantitative estimate of drug-likeness (QED) is 0.871. The van der Waals surface area contributed by atoms with Crippen molar-refractivity contribution < 1.29 is 4.79 Å². The molecule has 0 spiro atoms. The lowest BCUT2D eigenvalue weighted by Crippen LogP contribution is -2.33. The van der Waals surface area contributed by atoms with E-state index >= 15 is 0 Å². The molecular formula is C13H13Cl2N5O. The Bertz CT molecular complexity index is 673. The predicted octanol–water partition coefficient (Wildman–Crippen LogP) is 1.86. The van der Waals surface area contributed by atoms with Gasteiger partial charge in [0, 0.05) is 18.3 Å². The monoisotopic (exact) mass is 325 g/mol. The number of pyridine rings is 1. The van der Waals surface area contributed by atoms with Crippen molar-refractivity contribution in [2.45, 2.75) is 24.2 Å². The highest BCUT2D eigenvalue weighted by Crippen LogP contribution is 2.63. The minimum Gasteiger partial charge on any atom is -0.351 e. The minimum atomic E-state index is -0.971. The molecule has 2 aromatic heterocycles. The molecule has 6 nitrogen and oxygen atoms in total. The van der Waals surface area contributed by atoms with Crippen LogP contribution in [0.15, 0.2) is 31.0 Å². The molecule has 1 aliphatic carbocycles. The largest absolute Gasteiger partial charge is 0.351 e. The second kappa shape index (κ2) is 4.96. The molecule has 1 amide bonds. The summed E-state index contributed by atoms with van der Waals surface area (Å²) >= 11 is 12.0. The van der Waals surface area contributed by atoms with Crippen LogP contribution in [0.25, 0.3) is 5.82 Å². The SMILES string of the molecule is C[C@@]1(C(=O)NCc2cccnc2-n2cncn2)CC1(Cl)Cl. The molecule has 8 heteroatoms. The van der Waals surface area contributed by atoms with Crippen molar-refractivity contribution in [3.8, 4) is 5.82 Å². The molecule has 0 unspecified atom stereocenters. The Hall–Kier alpha value is -1.66. The third kappa shape index (κ3) is 2.49. The number of nitrogens with zero attached hydrogens (tertiary/aromatic N) is 4. The zero-order chi connectivity index (χ0) is 15.1. The summed E-state index contributed by atoms with van der Waals surface area (Å²) in [6.45, 7) is 2.07. The molecule has 2 heterocycles. The molecule has 1 N–H and O–H groups in total. The fraction of sp³-hybridized carbons (Fsp3) is 0.385. The van der Waals surface area contributed by atoms with Crippen LogP contribution in [0.3, 0.4) is 0 Å². The Morgan fingerprint density at radius 3 is 2.90 bits per heavy atom. The summed E-state index contributed by atoms with van der Waals surface area (Å²) in [4.78, 5) is 20.3. The van der Waals surface area contributed by atoms with Gasteiger partial charge in [0.15, 0.2) is 5.82 Å². The highest BCUT2D eigenvalue weighted by molar-refractivity contribution is 6.53. The van der Waals surface area contributed by atoms with Crippen molar-refractivity contribution in [3.05, 3.63) is 36.5 Å². The first-order valence-corrected chi connectivity index (χ1v) is 7.15. The summed E-state index contributed by atoms with van der Waals surface area (Å²) in [5.41, 5.74) is 0.0986. The molecule has 0 aromatic carbocycles. The minimum absolute atomic E-state index is 0.166. The van der Waals surface area contributed by atoms with Crippen LogP contribution in [-0.2, 0) is 11.3 Å². The molecule has 2 aromatic rings. The maximum Gasteiger partial charge on any atom is 0.229 e. The van der Waals surface area contributed by atoms with Crippen LogP contribution < -0.4 is 5.32 Å². The van der Waals surface area contributed by atoms with Crippen molar-refractivity contribution >= 4 is 29.1 Å². The maximum absolute atomic E-state index is 12.2. The normalized spacial score (nSPS) is 22.8. The van der Waals surface area contributed by atoms with Gasteiger partial charge in [-0.3, -0.25) is 4.79 Å². The van der Waals surface area contributed by atoms with E-state index < -0.39 is 9.75 Å². The van der Waals surface area contributed by atoms with E-state index in [0.29, 0.717) is 18.8 Å². The van der Waals surface area contributed by atoms with Gasteiger partial charge in [-0.05, 0) is 19.4 Å². The molecule has 1 saturated carbocycles. The summed E-state index contributed by atoms with van der Waals surface area (Å²) in [6.07, 6.45) is 5.10. The maximum atomic E-state index is 12.2. The number of hydrogen-bond acceptors (Lipinski definition) is 4. The second-order valence-corrected chi connectivity index (χ2v) is 6.71. The van der Waals surface area contributed by atoms with Crippen LogP contribution in [0.4, 0.5) is 0 Å². The number of halogens is 2. The van der Waals surface area contributed by atoms with Gasteiger partial charge in [0.05, 0.1) is 5.41 Å². The van der Waals surface area contributed by atoms with E-state index in [1.807, 2.05) is 6.07 Å². The van der Waals surface area contributed by atoms with E-state index in [-0.39, 0.29) is 5.91 Å². The molecular weight excluding hydrogens is 313 g/mol. The third-order valence-corrected chi connectivity index (χ3v) is 4.80. The number of nitrogens with one attached hydrogen (secondary N) is 1. The van der Waals surface area contributed by atoms with Crippen molar-refractivity contribution in [3.63, 3.8) is 0 Å². The fourth-order valence-corrected chi connectivity index (χ4v) is 2.82. The van der Waals surface area contributed by atoms with Gasteiger partial charge in [0.25, 0.3) is 0 Å². The molecule has 110 valence electrons. The molecule has 0 saturated heterocycles. The van der Waals surface area contributed by atoms with Crippen molar-refractivity contribution in [1.29, 1.82) is 0 Å². The summed E-state index contributed by atoms with van der Waals surface area (Å²) in [6, 6.07) is 3.67. The predicted molar refractivity (Wildman–Crippen MR) is 78.2 cm³/mol. The van der Waals surface area contributed by atoms with Crippen LogP contribution in [0, 0.1) is 5.41 Å². The Morgan fingerprint density at radius 2 is 2.29 bits per heavy atom. The molecule has 1 fully saturated rings. The molecule has 1 atom stereocenters. The standard InChI is InChI=1S/C13H13Cl2N5O/c1-12(6-13(12,14)15)11(21)18-5-9-3-2-4-17-10(9)20-8-16-7-19-20/h2-4,7-8H,5-6H2,1H3,(H,18,21)/t12-/m0/s1. The summed E-state index contributed by atoms with van der Waals surface area (Å²) < 4.78 is 0.578. The zero-order valence-corrected chi connectivity index (χ0v) is 12.8. The van der Waals surface area contributed by atoms with E-state index in [9.17, 15) is 4.79 Å². The van der Waals surface area contributed by atoms with E-state index in [2.05, 4.69) is 20.4 Å².